The summed E-state index contributed by atoms with van der Waals surface area (Å²) in [5, 5.41) is 5.86. The second-order valence-corrected chi connectivity index (χ2v) is 7.54. The number of carbonyl (C=O) groups excluding carboxylic acids is 2. The van der Waals surface area contributed by atoms with E-state index in [4.69, 9.17) is 0 Å². The lowest BCUT2D eigenvalue weighted by atomic mass is 10.5. The van der Waals surface area contributed by atoms with Crippen molar-refractivity contribution in [2.75, 3.05) is 24.6 Å². The molecule has 0 aliphatic rings. The van der Waals surface area contributed by atoms with Crippen LogP contribution in [0.3, 0.4) is 0 Å². The van der Waals surface area contributed by atoms with Crippen LogP contribution in [-0.4, -0.2) is 58.7 Å². The molecule has 2 amide bonds. The monoisotopic (exact) mass is 342 g/mol. The lowest BCUT2D eigenvalue weighted by molar-refractivity contribution is -0.120. The fourth-order valence-electron chi connectivity index (χ4n) is 0.989. The SMILES string of the molecule is C=CS(=O)(=O)CC(=O)NCCNC(=O)CS(=O)(=O)C=C.O. The second-order valence-electron chi connectivity index (χ2n) is 3.65. The van der Waals surface area contributed by atoms with Crippen molar-refractivity contribution in [1.82, 2.24) is 10.6 Å². The van der Waals surface area contributed by atoms with Gasteiger partial charge in [-0.2, -0.15) is 0 Å². The molecule has 0 aromatic rings. The average Bonchev–Trinajstić information content (AvgIpc) is 2.33. The van der Waals surface area contributed by atoms with Crippen molar-refractivity contribution in [3.8, 4) is 0 Å². The molecule has 0 heterocycles. The molecule has 0 aliphatic heterocycles. The molecule has 0 saturated carbocycles. The molecular formula is C10H18N2O7S2. The molecule has 0 bridgehead atoms. The Hall–Kier alpha value is -1.72. The third-order valence-corrected chi connectivity index (χ3v) is 4.29. The minimum atomic E-state index is -3.63. The highest BCUT2D eigenvalue weighted by atomic mass is 32.2. The van der Waals surface area contributed by atoms with E-state index in [1.54, 1.807) is 0 Å². The summed E-state index contributed by atoms with van der Waals surface area (Å²) in [6, 6.07) is 0. The van der Waals surface area contributed by atoms with Gasteiger partial charge in [-0.1, -0.05) is 13.2 Å². The van der Waals surface area contributed by atoms with Gasteiger partial charge in [0, 0.05) is 23.9 Å². The average molecular weight is 342 g/mol. The smallest absolute Gasteiger partial charge is 0.235 e. The van der Waals surface area contributed by atoms with E-state index in [9.17, 15) is 26.4 Å². The number of hydrogen-bond acceptors (Lipinski definition) is 6. The molecule has 0 fully saturated rings. The van der Waals surface area contributed by atoms with Crippen LogP contribution >= 0.6 is 0 Å². The molecule has 0 unspecified atom stereocenters. The van der Waals surface area contributed by atoms with Gasteiger partial charge in [0.15, 0.2) is 19.7 Å². The molecule has 9 nitrogen and oxygen atoms in total. The summed E-state index contributed by atoms with van der Waals surface area (Å²) in [5.74, 6) is -2.93. The first kappa shape index (κ1) is 21.6. The van der Waals surface area contributed by atoms with Gasteiger partial charge in [-0.3, -0.25) is 9.59 Å². The number of hydrogen-bond donors (Lipinski definition) is 2. The van der Waals surface area contributed by atoms with Gasteiger partial charge < -0.3 is 16.1 Å². The van der Waals surface area contributed by atoms with Gasteiger partial charge in [-0.15, -0.1) is 0 Å². The molecule has 0 aromatic heterocycles. The Morgan fingerprint density at radius 1 is 0.810 bits per heavy atom. The number of nitrogens with one attached hydrogen (secondary N) is 2. The third-order valence-electron chi connectivity index (χ3n) is 1.94. The summed E-state index contributed by atoms with van der Waals surface area (Å²) in [4.78, 5) is 22.4. The van der Waals surface area contributed by atoms with Crippen LogP contribution < -0.4 is 10.6 Å². The van der Waals surface area contributed by atoms with Crippen molar-refractivity contribution >= 4 is 31.5 Å². The fraction of sp³-hybridized carbons (Fsp3) is 0.400. The Balaban J connectivity index is 0. The van der Waals surface area contributed by atoms with Crippen LogP contribution in [0.25, 0.3) is 0 Å². The molecule has 122 valence electrons. The molecule has 4 N–H and O–H groups in total. The van der Waals surface area contributed by atoms with Crippen LogP contribution in [0, 0.1) is 0 Å². The minimum absolute atomic E-state index is 0. The van der Waals surface area contributed by atoms with E-state index < -0.39 is 43.0 Å². The van der Waals surface area contributed by atoms with Crippen LogP contribution in [0.15, 0.2) is 24.0 Å². The molecule has 0 aliphatic carbocycles. The number of amides is 2. The van der Waals surface area contributed by atoms with E-state index >= 15 is 0 Å². The Morgan fingerprint density at radius 3 is 1.33 bits per heavy atom. The predicted molar refractivity (Wildman–Crippen MR) is 77.6 cm³/mol. The number of rotatable bonds is 9. The maximum Gasteiger partial charge on any atom is 0.235 e. The molecule has 0 aromatic carbocycles. The van der Waals surface area contributed by atoms with Gasteiger partial charge in [0.2, 0.25) is 11.8 Å². The number of sulfone groups is 2. The van der Waals surface area contributed by atoms with Gasteiger partial charge in [-0.05, 0) is 0 Å². The molecule has 0 radical (unpaired) electrons. The van der Waals surface area contributed by atoms with Crippen LogP contribution in [0.4, 0.5) is 0 Å². The van der Waals surface area contributed by atoms with Gasteiger partial charge in [0.1, 0.15) is 11.5 Å². The van der Waals surface area contributed by atoms with E-state index in [1.165, 1.54) is 0 Å². The summed E-state index contributed by atoms with van der Waals surface area (Å²) in [5.41, 5.74) is 0. The van der Waals surface area contributed by atoms with E-state index in [0.29, 0.717) is 10.8 Å². The van der Waals surface area contributed by atoms with Gasteiger partial charge in [0.05, 0.1) is 0 Å². The summed E-state index contributed by atoms with van der Waals surface area (Å²) < 4.78 is 44.1. The van der Waals surface area contributed by atoms with Crippen molar-refractivity contribution in [1.29, 1.82) is 0 Å². The topological polar surface area (TPSA) is 158 Å². The molecule has 0 spiro atoms. The van der Waals surface area contributed by atoms with E-state index in [2.05, 4.69) is 23.8 Å². The molecule has 21 heavy (non-hydrogen) atoms. The largest absolute Gasteiger partial charge is 0.412 e. The Labute approximate surface area is 123 Å². The maximum absolute atomic E-state index is 11.2. The normalized spacial score (nSPS) is 10.9. The zero-order valence-corrected chi connectivity index (χ0v) is 12.8. The minimum Gasteiger partial charge on any atom is -0.412 e. The van der Waals surface area contributed by atoms with Crippen molar-refractivity contribution in [2.24, 2.45) is 0 Å². The summed E-state index contributed by atoms with van der Waals surface area (Å²) in [6.07, 6.45) is 0. The van der Waals surface area contributed by atoms with Crippen molar-refractivity contribution in [3.63, 3.8) is 0 Å². The van der Waals surface area contributed by atoms with E-state index in [0.717, 1.165) is 0 Å². The molecule has 0 saturated heterocycles. The van der Waals surface area contributed by atoms with E-state index in [-0.39, 0.29) is 18.6 Å². The van der Waals surface area contributed by atoms with Gasteiger partial charge in [-0.25, -0.2) is 16.8 Å². The molecule has 0 rings (SSSR count). The maximum atomic E-state index is 11.2. The van der Waals surface area contributed by atoms with Gasteiger partial charge in [0.25, 0.3) is 0 Å². The third kappa shape index (κ3) is 10.7. The first-order valence-corrected chi connectivity index (χ1v) is 8.79. The quantitative estimate of drug-likeness (QED) is 0.441. The molecular weight excluding hydrogens is 324 g/mol. The highest BCUT2D eigenvalue weighted by molar-refractivity contribution is 7.95. The standard InChI is InChI=1S/C10H16N2O6S2.H2O/c1-3-19(15,16)7-9(13)11-5-6-12-10(14)8-20(17,18)4-2;/h3-4H,1-2,5-8H2,(H,11,13)(H,12,14);1H2. The Bertz CT molecular complexity index is 539. The predicted octanol–water partition coefficient (Wildman–Crippen LogP) is -2.49. The molecule has 11 heteroatoms. The van der Waals surface area contributed by atoms with Crippen LogP contribution in [0.5, 0.6) is 0 Å². The Morgan fingerprint density at radius 2 is 1.10 bits per heavy atom. The van der Waals surface area contributed by atoms with Crippen molar-refractivity contribution in [3.05, 3.63) is 24.0 Å². The van der Waals surface area contributed by atoms with Crippen molar-refractivity contribution in [2.45, 2.75) is 0 Å². The summed E-state index contributed by atoms with van der Waals surface area (Å²) >= 11 is 0. The van der Waals surface area contributed by atoms with E-state index in [1.807, 2.05) is 0 Å². The van der Waals surface area contributed by atoms with Crippen LogP contribution in [-0.2, 0) is 29.3 Å². The molecule has 0 atom stereocenters. The van der Waals surface area contributed by atoms with Crippen molar-refractivity contribution < 1.29 is 31.9 Å². The zero-order chi connectivity index (χ0) is 15.8. The van der Waals surface area contributed by atoms with Crippen LogP contribution in [0.1, 0.15) is 0 Å². The highest BCUT2D eigenvalue weighted by Gasteiger charge is 2.13. The van der Waals surface area contributed by atoms with Crippen LogP contribution in [0.2, 0.25) is 0 Å². The number of carbonyl (C=O) groups is 2. The first-order chi connectivity index (χ1) is 9.12. The second kappa shape index (κ2) is 9.26. The van der Waals surface area contributed by atoms with Gasteiger partial charge >= 0.3 is 0 Å². The summed E-state index contributed by atoms with van der Waals surface area (Å²) in [6.45, 7) is 6.07. The first-order valence-electron chi connectivity index (χ1n) is 5.35. The lowest BCUT2D eigenvalue weighted by Gasteiger charge is -2.06. The fourth-order valence-corrected chi connectivity index (χ4v) is 2.16. The lowest BCUT2D eigenvalue weighted by Crippen LogP contribution is -2.38. The summed E-state index contributed by atoms with van der Waals surface area (Å²) in [7, 11) is -7.25. The highest BCUT2D eigenvalue weighted by Crippen LogP contribution is 1.90. The Kier molecular flexibility index (Phi) is 9.51. The zero-order valence-electron chi connectivity index (χ0n) is 11.2.